The van der Waals surface area contributed by atoms with Crippen LogP contribution >= 0.6 is 0 Å². The van der Waals surface area contributed by atoms with Crippen LogP contribution in [0.15, 0.2) is 30.6 Å². The molecule has 9 heteroatoms. The number of aliphatic hydroxyl groups excluding tert-OH is 1. The highest BCUT2D eigenvalue weighted by Crippen LogP contribution is 2.38. The Kier molecular flexibility index (Phi) is 7.79. The highest BCUT2D eigenvalue weighted by molar-refractivity contribution is 5.82. The number of aliphatic hydroxyl groups is 1. The third-order valence-corrected chi connectivity index (χ3v) is 7.24. The molecule has 3 aromatic rings. The number of rotatable bonds is 8. The van der Waals surface area contributed by atoms with E-state index in [4.69, 9.17) is 14.6 Å². The minimum atomic E-state index is -1.28. The van der Waals surface area contributed by atoms with Crippen LogP contribution in [0.3, 0.4) is 0 Å². The second-order valence-electron chi connectivity index (χ2n) is 10.1. The first-order chi connectivity index (χ1) is 17.5. The molecule has 36 heavy (non-hydrogen) atoms. The van der Waals surface area contributed by atoms with Gasteiger partial charge in [0.15, 0.2) is 6.36 Å². The Morgan fingerprint density at radius 3 is 2.67 bits per heavy atom. The lowest BCUT2D eigenvalue weighted by Crippen LogP contribution is -2.36. The maximum Gasteiger partial charge on any atom is 0.195 e. The van der Waals surface area contributed by atoms with Gasteiger partial charge in [-0.05, 0) is 62.3 Å². The van der Waals surface area contributed by atoms with Crippen molar-refractivity contribution in [3.8, 4) is 11.1 Å². The molecule has 1 aliphatic carbocycles. The molecule has 0 radical (unpaired) electrons. The zero-order chi connectivity index (χ0) is 25.1. The fourth-order valence-electron chi connectivity index (χ4n) is 5.25. The molecule has 1 unspecified atom stereocenters. The van der Waals surface area contributed by atoms with Crippen LogP contribution in [0.5, 0.6) is 0 Å². The maximum absolute atomic E-state index is 13.1. The quantitative estimate of drug-likeness (QED) is 0.500. The van der Waals surface area contributed by atoms with E-state index < -0.39 is 6.36 Å². The van der Waals surface area contributed by atoms with Gasteiger partial charge in [-0.1, -0.05) is 6.92 Å². The lowest BCUT2D eigenvalue weighted by atomic mass is 9.85. The van der Waals surface area contributed by atoms with E-state index in [-0.39, 0.29) is 12.0 Å². The fourth-order valence-corrected chi connectivity index (χ4v) is 5.25. The van der Waals surface area contributed by atoms with Crippen molar-refractivity contribution in [2.75, 3.05) is 37.8 Å². The number of anilines is 1. The Balaban J connectivity index is 1.49. The summed E-state index contributed by atoms with van der Waals surface area (Å²) in [5.74, 6) is 2.09. The van der Waals surface area contributed by atoms with Crippen molar-refractivity contribution in [3.63, 3.8) is 0 Å². The van der Waals surface area contributed by atoms with Gasteiger partial charge in [0.05, 0.1) is 37.6 Å². The monoisotopic (exact) mass is 497 g/mol. The first-order valence-corrected chi connectivity index (χ1v) is 13.1. The van der Waals surface area contributed by atoms with E-state index in [2.05, 4.69) is 27.0 Å². The number of morpholine rings is 1. The van der Waals surface area contributed by atoms with E-state index in [1.165, 1.54) is 6.92 Å². The predicted octanol–water partition coefficient (Wildman–Crippen LogP) is 4.16. The van der Waals surface area contributed by atoms with Gasteiger partial charge < -0.3 is 19.5 Å². The highest BCUT2D eigenvalue weighted by Gasteiger charge is 2.26. The number of fused-ring (bicyclic) bond motifs is 1. The van der Waals surface area contributed by atoms with Crippen molar-refractivity contribution in [2.45, 2.75) is 64.3 Å². The van der Waals surface area contributed by atoms with Gasteiger partial charge in [0.2, 0.25) is 0 Å². The number of alkyl halides is 1. The van der Waals surface area contributed by atoms with Crippen molar-refractivity contribution >= 4 is 11.3 Å². The van der Waals surface area contributed by atoms with Crippen LogP contribution < -0.4 is 4.90 Å². The van der Waals surface area contributed by atoms with Gasteiger partial charge in [-0.3, -0.25) is 0 Å². The van der Waals surface area contributed by atoms with E-state index in [0.29, 0.717) is 38.0 Å². The van der Waals surface area contributed by atoms with E-state index in [0.717, 1.165) is 66.9 Å². The van der Waals surface area contributed by atoms with Gasteiger partial charge >= 0.3 is 0 Å². The molecule has 0 bridgehead atoms. The Bertz CT molecular complexity index is 1160. The number of ether oxygens (including phenoxy) is 2. The van der Waals surface area contributed by atoms with E-state index in [1.54, 1.807) is 0 Å². The summed E-state index contributed by atoms with van der Waals surface area (Å²) < 4.78 is 25.8. The topological polar surface area (TPSA) is 85.0 Å². The number of hydrogen-bond acceptors (Lipinski definition) is 7. The summed E-state index contributed by atoms with van der Waals surface area (Å²) in [6.45, 7) is 6.82. The summed E-state index contributed by atoms with van der Waals surface area (Å²) >= 11 is 0. The number of pyridine rings is 1. The molecule has 0 amide bonds. The molecule has 0 aromatic carbocycles. The SMILES string of the molecule is CC(F)OC[C@H](C)Cc1ncc2c(-c3ccnc(N4CCOCC4)c3)cc(C3CCC(O)CC3)n2n1. The normalized spacial score (nSPS) is 22.6. The molecule has 1 aliphatic heterocycles. The number of hydrogen-bond donors (Lipinski definition) is 1. The first kappa shape index (κ1) is 25.0. The molecular formula is C27H36FN5O3. The van der Waals surface area contributed by atoms with Crippen molar-refractivity contribution in [2.24, 2.45) is 5.92 Å². The smallest absolute Gasteiger partial charge is 0.195 e. The molecule has 2 atom stereocenters. The molecule has 1 saturated heterocycles. The van der Waals surface area contributed by atoms with Crippen LogP contribution in [-0.4, -0.2) is 70.1 Å². The lowest BCUT2D eigenvalue weighted by Gasteiger charge is -2.28. The third-order valence-electron chi connectivity index (χ3n) is 7.24. The molecule has 8 nitrogen and oxygen atoms in total. The van der Waals surface area contributed by atoms with Crippen molar-refractivity contribution in [1.29, 1.82) is 0 Å². The second kappa shape index (κ2) is 11.2. The summed E-state index contributed by atoms with van der Waals surface area (Å²) in [5, 5.41) is 15.0. The lowest BCUT2D eigenvalue weighted by molar-refractivity contribution is -0.0382. The Morgan fingerprint density at radius 2 is 1.92 bits per heavy atom. The van der Waals surface area contributed by atoms with Crippen LogP contribution in [0.2, 0.25) is 0 Å². The van der Waals surface area contributed by atoms with Gasteiger partial charge in [-0.25, -0.2) is 18.9 Å². The van der Waals surface area contributed by atoms with Crippen LogP contribution in [0.4, 0.5) is 10.2 Å². The highest BCUT2D eigenvalue weighted by atomic mass is 19.1. The Labute approximate surface area is 211 Å². The summed E-state index contributed by atoms with van der Waals surface area (Å²) in [6, 6.07) is 6.42. The van der Waals surface area contributed by atoms with Crippen LogP contribution in [0, 0.1) is 5.92 Å². The molecule has 1 N–H and O–H groups in total. The molecule has 194 valence electrons. The zero-order valence-electron chi connectivity index (χ0n) is 21.1. The Morgan fingerprint density at radius 1 is 1.14 bits per heavy atom. The van der Waals surface area contributed by atoms with E-state index in [1.807, 2.05) is 29.9 Å². The number of aromatic nitrogens is 4. The van der Waals surface area contributed by atoms with Gasteiger partial charge in [-0.2, -0.15) is 5.10 Å². The average Bonchev–Trinajstić information content (AvgIpc) is 3.27. The van der Waals surface area contributed by atoms with Crippen LogP contribution in [0.1, 0.15) is 57.0 Å². The van der Waals surface area contributed by atoms with Crippen molar-refractivity contribution in [1.82, 2.24) is 19.6 Å². The summed E-state index contributed by atoms with van der Waals surface area (Å²) in [4.78, 5) is 11.6. The minimum absolute atomic E-state index is 0.0974. The molecule has 1 saturated carbocycles. The Hall–Kier alpha value is -2.62. The molecule has 3 aromatic heterocycles. The predicted molar refractivity (Wildman–Crippen MR) is 136 cm³/mol. The van der Waals surface area contributed by atoms with Crippen LogP contribution in [0.25, 0.3) is 16.6 Å². The van der Waals surface area contributed by atoms with Gasteiger partial charge in [0.1, 0.15) is 11.6 Å². The molecule has 4 heterocycles. The van der Waals surface area contributed by atoms with Crippen LogP contribution in [-0.2, 0) is 15.9 Å². The third kappa shape index (κ3) is 5.68. The van der Waals surface area contributed by atoms with Gasteiger partial charge in [-0.15, -0.1) is 0 Å². The van der Waals surface area contributed by atoms with Gasteiger partial charge in [0, 0.05) is 42.9 Å². The summed E-state index contributed by atoms with van der Waals surface area (Å²) in [6.07, 6.45) is 6.35. The minimum Gasteiger partial charge on any atom is -0.393 e. The summed E-state index contributed by atoms with van der Waals surface area (Å²) in [7, 11) is 0. The largest absolute Gasteiger partial charge is 0.393 e. The molecule has 0 spiro atoms. The van der Waals surface area contributed by atoms with Crippen molar-refractivity contribution < 1.29 is 19.0 Å². The van der Waals surface area contributed by atoms with E-state index >= 15 is 0 Å². The molecule has 5 rings (SSSR count). The van der Waals surface area contributed by atoms with E-state index in [9.17, 15) is 9.50 Å². The first-order valence-electron chi connectivity index (χ1n) is 13.1. The summed E-state index contributed by atoms with van der Waals surface area (Å²) in [5.41, 5.74) is 4.28. The molecule has 2 fully saturated rings. The fraction of sp³-hybridized carbons (Fsp3) is 0.593. The standard InChI is InChI=1S/C27H36FN5O3/c1-18(17-36-19(2)28)13-26-30-16-25-23(15-24(33(25)31-26)20-3-5-22(34)6-4-20)21-7-8-29-27(14-21)32-9-11-35-12-10-32/h7-8,14-16,18-20,22,34H,3-6,9-13,17H2,1-2H3/t18-,19?,20?,22?/m1/s1. The average molecular weight is 498 g/mol. The maximum atomic E-state index is 13.1. The number of halogens is 1. The second-order valence-corrected chi connectivity index (χ2v) is 10.1. The molecular weight excluding hydrogens is 461 g/mol. The number of nitrogens with zero attached hydrogens (tertiary/aromatic N) is 5. The molecule has 2 aliphatic rings. The van der Waals surface area contributed by atoms with Crippen molar-refractivity contribution in [3.05, 3.63) is 42.1 Å². The zero-order valence-corrected chi connectivity index (χ0v) is 21.1. The van der Waals surface area contributed by atoms with Gasteiger partial charge in [0.25, 0.3) is 0 Å².